The van der Waals surface area contributed by atoms with E-state index in [0.717, 1.165) is 25.9 Å². The molecule has 4 heteroatoms. The van der Waals surface area contributed by atoms with Crippen molar-refractivity contribution in [3.8, 4) is 0 Å². The van der Waals surface area contributed by atoms with Crippen LogP contribution >= 0.6 is 0 Å². The SMILES string of the molecule is CC(CC(C)(O)CN)N(C)CCCN(C)C. The number of nitrogens with zero attached hydrogens (tertiary/aromatic N) is 2. The van der Waals surface area contributed by atoms with Crippen LogP contribution in [0.25, 0.3) is 0 Å². The summed E-state index contributed by atoms with van der Waals surface area (Å²) in [5, 5.41) is 9.90. The van der Waals surface area contributed by atoms with Crippen molar-refractivity contribution in [2.45, 2.75) is 38.3 Å². The topological polar surface area (TPSA) is 52.7 Å². The van der Waals surface area contributed by atoms with Gasteiger partial charge in [0.25, 0.3) is 0 Å². The Hall–Kier alpha value is -0.160. The molecule has 0 aromatic rings. The van der Waals surface area contributed by atoms with Crippen molar-refractivity contribution >= 4 is 0 Å². The quantitative estimate of drug-likeness (QED) is 0.633. The van der Waals surface area contributed by atoms with Crippen LogP contribution in [-0.4, -0.2) is 67.3 Å². The molecular weight excluding hydrogens is 202 g/mol. The van der Waals surface area contributed by atoms with Crippen LogP contribution in [0.5, 0.6) is 0 Å². The highest BCUT2D eigenvalue weighted by atomic mass is 16.3. The minimum Gasteiger partial charge on any atom is -0.389 e. The molecule has 0 spiro atoms. The van der Waals surface area contributed by atoms with E-state index >= 15 is 0 Å². The second kappa shape index (κ2) is 7.22. The van der Waals surface area contributed by atoms with Crippen molar-refractivity contribution in [3.63, 3.8) is 0 Å². The Balaban J connectivity index is 3.85. The van der Waals surface area contributed by atoms with Crippen LogP contribution in [0.4, 0.5) is 0 Å². The second-order valence-corrected chi connectivity index (χ2v) is 5.39. The van der Waals surface area contributed by atoms with Crippen LogP contribution in [0.3, 0.4) is 0 Å². The molecule has 0 heterocycles. The van der Waals surface area contributed by atoms with Gasteiger partial charge in [-0.2, -0.15) is 0 Å². The Bertz CT molecular complexity index is 183. The van der Waals surface area contributed by atoms with Crippen molar-refractivity contribution in [3.05, 3.63) is 0 Å². The third-order valence-electron chi connectivity index (χ3n) is 3.04. The van der Waals surface area contributed by atoms with E-state index < -0.39 is 5.60 Å². The maximum absolute atomic E-state index is 9.90. The van der Waals surface area contributed by atoms with Crippen molar-refractivity contribution in [2.75, 3.05) is 40.8 Å². The fourth-order valence-electron chi connectivity index (χ4n) is 1.73. The van der Waals surface area contributed by atoms with Crippen molar-refractivity contribution in [1.29, 1.82) is 0 Å². The van der Waals surface area contributed by atoms with Gasteiger partial charge < -0.3 is 20.6 Å². The molecular formula is C12H29N3O. The first kappa shape index (κ1) is 15.8. The largest absolute Gasteiger partial charge is 0.389 e. The van der Waals surface area contributed by atoms with Gasteiger partial charge in [-0.15, -0.1) is 0 Å². The molecule has 0 bridgehead atoms. The van der Waals surface area contributed by atoms with Gasteiger partial charge in [0.1, 0.15) is 0 Å². The summed E-state index contributed by atoms with van der Waals surface area (Å²) in [6.07, 6.45) is 1.88. The summed E-state index contributed by atoms with van der Waals surface area (Å²) in [6.45, 7) is 6.42. The smallest absolute Gasteiger partial charge is 0.0756 e. The highest BCUT2D eigenvalue weighted by molar-refractivity contribution is 4.79. The van der Waals surface area contributed by atoms with Gasteiger partial charge in [-0.3, -0.25) is 0 Å². The van der Waals surface area contributed by atoms with Gasteiger partial charge in [0.05, 0.1) is 5.60 Å². The van der Waals surface area contributed by atoms with E-state index in [4.69, 9.17) is 5.73 Å². The molecule has 0 radical (unpaired) electrons. The fraction of sp³-hybridized carbons (Fsp3) is 1.00. The molecule has 16 heavy (non-hydrogen) atoms. The molecule has 98 valence electrons. The molecule has 0 aromatic carbocycles. The van der Waals surface area contributed by atoms with E-state index in [-0.39, 0.29) is 0 Å². The Morgan fingerprint density at radius 3 is 2.25 bits per heavy atom. The molecule has 3 N–H and O–H groups in total. The first-order valence-electron chi connectivity index (χ1n) is 6.06. The molecule has 0 aliphatic carbocycles. The van der Waals surface area contributed by atoms with E-state index in [1.807, 2.05) is 0 Å². The van der Waals surface area contributed by atoms with Crippen molar-refractivity contribution < 1.29 is 5.11 Å². The van der Waals surface area contributed by atoms with Gasteiger partial charge in [0.2, 0.25) is 0 Å². The van der Waals surface area contributed by atoms with E-state index in [2.05, 4.69) is 37.9 Å². The molecule has 0 amide bonds. The Morgan fingerprint density at radius 1 is 1.25 bits per heavy atom. The highest BCUT2D eigenvalue weighted by Gasteiger charge is 2.23. The summed E-state index contributed by atoms with van der Waals surface area (Å²) in [5.74, 6) is 0. The van der Waals surface area contributed by atoms with Crippen molar-refractivity contribution in [1.82, 2.24) is 9.80 Å². The highest BCUT2D eigenvalue weighted by Crippen LogP contribution is 2.14. The summed E-state index contributed by atoms with van der Waals surface area (Å²) < 4.78 is 0. The zero-order valence-corrected chi connectivity index (χ0v) is 11.5. The van der Waals surface area contributed by atoms with E-state index in [0.29, 0.717) is 12.6 Å². The lowest BCUT2D eigenvalue weighted by Crippen LogP contribution is -2.42. The van der Waals surface area contributed by atoms with Gasteiger partial charge >= 0.3 is 0 Å². The summed E-state index contributed by atoms with van der Waals surface area (Å²) in [7, 11) is 6.28. The summed E-state index contributed by atoms with van der Waals surface area (Å²) >= 11 is 0. The zero-order valence-electron chi connectivity index (χ0n) is 11.5. The number of hydrogen-bond donors (Lipinski definition) is 2. The number of aliphatic hydroxyl groups is 1. The molecule has 0 aliphatic rings. The maximum Gasteiger partial charge on any atom is 0.0756 e. The monoisotopic (exact) mass is 231 g/mol. The average molecular weight is 231 g/mol. The van der Waals surface area contributed by atoms with E-state index in [9.17, 15) is 5.11 Å². The first-order chi connectivity index (χ1) is 7.28. The summed E-state index contributed by atoms with van der Waals surface area (Å²) in [5.41, 5.74) is 4.78. The lowest BCUT2D eigenvalue weighted by Gasteiger charge is -2.31. The van der Waals surface area contributed by atoms with Gasteiger partial charge in [-0.25, -0.2) is 0 Å². The number of nitrogens with two attached hydrogens (primary N) is 1. The molecule has 0 fully saturated rings. The van der Waals surface area contributed by atoms with E-state index in [1.54, 1.807) is 6.92 Å². The first-order valence-corrected chi connectivity index (χ1v) is 6.06. The fourth-order valence-corrected chi connectivity index (χ4v) is 1.73. The normalized spacial score (nSPS) is 17.8. The molecule has 0 aliphatic heterocycles. The van der Waals surface area contributed by atoms with Crippen LogP contribution in [0.2, 0.25) is 0 Å². The van der Waals surface area contributed by atoms with Gasteiger partial charge in [0, 0.05) is 12.6 Å². The van der Waals surface area contributed by atoms with Crippen LogP contribution < -0.4 is 5.73 Å². The van der Waals surface area contributed by atoms with E-state index in [1.165, 1.54) is 0 Å². The average Bonchev–Trinajstić information content (AvgIpc) is 2.16. The summed E-state index contributed by atoms with van der Waals surface area (Å²) in [4.78, 5) is 4.47. The molecule has 4 nitrogen and oxygen atoms in total. The molecule has 0 rings (SSSR count). The molecule has 2 unspecified atom stereocenters. The predicted octanol–water partition coefficient (Wildman–Crippen LogP) is 0.358. The Labute approximate surface area is 100 Å². The van der Waals surface area contributed by atoms with Gasteiger partial charge in [0.15, 0.2) is 0 Å². The van der Waals surface area contributed by atoms with Gasteiger partial charge in [-0.1, -0.05) is 0 Å². The van der Waals surface area contributed by atoms with Crippen LogP contribution in [0.1, 0.15) is 26.7 Å². The Kier molecular flexibility index (Phi) is 7.15. The molecule has 2 atom stereocenters. The lowest BCUT2D eigenvalue weighted by atomic mass is 9.97. The van der Waals surface area contributed by atoms with Crippen molar-refractivity contribution in [2.24, 2.45) is 5.73 Å². The molecule has 0 saturated heterocycles. The predicted molar refractivity (Wildman–Crippen MR) is 69.6 cm³/mol. The summed E-state index contributed by atoms with van der Waals surface area (Å²) in [6, 6.07) is 0.362. The number of hydrogen-bond acceptors (Lipinski definition) is 4. The third-order valence-corrected chi connectivity index (χ3v) is 3.04. The minimum atomic E-state index is -0.741. The Morgan fingerprint density at radius 2 is 1.81 bits per heavy atom. The maximum atomic E-state index is 9.90. The van der Waals surface area contributed by atoms with Crippen LogP contribution in [0, 0.1) is 0 Å². The molecule has 0 saturated carbocycles. The lowest BCUT2D eigenvalue weighted by molar-refractivity contribution is 0.0331. The molecule has 0 aromatic heterocycles. The number of rotatable bonds is 8. The third kappa shape index (κ3) is 7.17. The minimum absolute atomic E-state index is 0.322. The second-order valence-electron chi connectivity index (χ2n) is 5.39. The van der Waals surface area contributed by atoms with Crippen LogP contribution in [0.15, 0.2) is 0 Å². The zero-order chi connectivity index (χ0) is 12.8. The standard InChI is InChI=1S/C12H29N3O/c1-11(9-12(2,16)10-13)15(5)8-6-7-14(3)4/h11,16H,6-10,13H2,1-5H3. The van der Waals surface area contributed by atoms with Gasteiger partial charge in [-0.05, 0) is 60.9 Å². The van der Waals surface area contributed by atoms with Crippen LogP contribution in [-0.2, 0) is 0 Å².